The monoisotopic (exact) mass is 325 g/mol. The Morgan fingerprint density at radius 3 is 2.56 bits per heavy atom. The standard InChI is InChI=1S/C10H13BrClNO2S/c1-7(2)13-16(14,15)10-5-8(6-12)3-4-9(10)11/h3-5,7,13H,6H2,1-2H3. The van der Waals surface area contributed by atoms with Crippen molar-refractivity contribution in [3.8, 4) is 0 Å². The molecule has 16 heavy (non-hydrogen) atoms. The largest absolute Gasteiger partial charge is 0.241 e. The molecule has 0 atom stereocenters. The molecule has 1 aromatic rings. The number of halogens is 2. The number of hydrogen-bond acceptors (Lipinski definition) is 2. The molecule has 0 saturated carbocycles. The summed E-state index contributed by atoms with van der Waals surface area (Å²) in [7, 11) is -3.48. The number of alkyl halides is 1. The molecule has 6 heteroatoms. The van der Waals surface area contributed by atoms with Crippen molar-refractivity contribution >= 4 is 37.6 Å². The van der Waals surface area contributed by atoms with Crippen molar-refractivity contribution in [2.24, 2.45) is 0 Å². The van der Waals surface area contributed by atoms with E-state index >= 15 is 0 Å². The first-order valence-corrected chi connectivity index (χ1v) is 7.54. The molecule has 1 N–H and O–H groups in total. The summed E-state index contributed by atoms with van der Waals surface area (Å²) in [6, 6.07) is 4.90. The Morgan fingerprint density at radius 2 is 2.06 bits per heavy atom. The molecule has 3 nitrogen and oxygen atoms in total. The van der Waals surface area contributed by atoms with Gasteiger partial charge >= 0.3 is 0 Å². The van der Waals surface area contributed by atoms with Gasteiger partial charge in [-0.2, -0.15) is 0 Å². The normalized spacial score (nSPS) is 12.1. The predicted octanol–water partition coefficient (Wildman–Crippen LogP) is 2.87. The van der Waals surface area contributed by atoms with Crippen LogP contribution in [0, 0.1) is 0 Å². The van der Waals surface area contributed by atoms with Crippen molar-refractivity contribution in [3.05, 3.63) is 28.2 Å². The Bertz CT molecular complexity index is 474. The van der Waals surface area contributed by atoms with E-state index in [4.69, 9.17) is 11.6 Å². The second kappa shape index (κ2) is 5.49. The molecular weight excluding hydrogens is 314 g/mol. The van der Waals surface area contributed by atoms with E-state index in [0.29, 0.717) is 4.47 Å². The molecule has 0 heterocycles. The zero-order valence-corrected chi connectivity index (χ0v) is 12.2. The summed E-state index contributed by atoms with van der Waals surface area (Å²) in [5.74, 6) is 0.289. The van der Waals surface area contributed by atoms with E-state index in [-0.39, 0.29) is 16.8 Å². The van der Waals surface area contributed by atoms with Gasteiger partial charge in [-0.1, -0.05) is 6.07 Å². The quantitative estimate of drug-likeness (QED) is 0.865. The highest BCUT2D eigenvalue weighted by molar-refractivity contribution is 9.10. The molecule has 1 rings (SSSR count). The fourth-order valence-corrected chi connectivity index (χ4v) is 3.64. The number of nitrogens with one attached hydrogen (secondary N) is 1. The molecule has 0 aliphatic rings. The predicted molar refractivity (Wildman–Crippen MR) is 69.2 cm³/mol. The van der Waals surface area contributed by atoms with Crippen LogP contribution in [0.15, 0.2) is 27.6 Å². The Balaban J connectivity index is 3.21. The minimum absolute atomic E-state index is 0.142. The number of sulfonamides is 1. The van der Waals surface area contributed by atoms with Gasteiger partial charge < -0.3 is 0 Å². The lowest BCUT2D eigenvalue weighted by atomic mass is 10.2. The number of hydrogen-bond donors (Lipinski definition) is 1. The SMILES string of the molecule is CC(C)NS(=O)(=O)c1cc(CCl)ccc1Br. The number of rotatable bonds is 4. The van der Waals surface area contributed by atoms with Gasteiger partial charge in [0.1, 0.15) is 0 Å². The first kappa shape index (κ1) is 14.0. The average molecular weight is 327 g/mol. The van der Waals surface area contributed by atoms with Crippen molar-refractivity contribution in [1.29, 1.82) is 0 Å². The molecule has 0 bridgehead atoms. The van der Waals surface area contributed by atoms with E-state index in [9.17, 15) is 8.42 Å². The van der Waals surface area contributed by atoms with Crippen molar-refractivity contribution < 1.29 is 8.42 Å². The van der Waals surface area contributed by atoms with Crippen LogP contribution < -0.4 is 4.72 Å². The van der Waals surface area contributed by atoms with Crippen LogP contribution >= 0.6 is 27.5 Å². The van der Waals surface area contributed by atoms with E-state index in [1.807, 2.05) is 0 Å². The second-order valence-electron chi connectivity index (χ2n) is 3.67. The fourth-order valence-electron chi connectivity index (χ4n) is 1.21. The highest BCUT2D eigenvalue weighted by atomic mass is 79.9. The van der Waals surface area contributed by atoms with E-state index in [1.165, 1.54) is 0 Å². The number of benzene rings is 1. The molecule has 0 fully saturated rings. The van der Waals surface area contributed by atoms with E-state index in [2.05, 4.69) is 20.7 Å². The first-order chi connectivity index (χ1) is 7.36. The molecule has 90 valence electrons. The molecule has 0 radical (unpaired) electrons. The summed E-state index contributed by atoms with van der Waals surface area (Å²) >= 11 is 8.90. The van der Waals surface area contributed by atoms with Gasteiger partial charge in [-0.15, -0.1) is 11.6 Å². The van der Waals surface area contributed by atoms with Gasteiger partial charge in [0.25, 0.3) is 0 Å². The van der Waals surface area contributed by atoms with E-state index in [1.54, 1.807) is 32.0 Å². The van der Waals surface area contributed by atoms with Gasteiger partial charge in [0.2, 0.25) is 10.0 Å². The summed E-state index contributed by atoms with van der Waals surface area (Å²) in [5.41, 5.74) is 0.772. The maximum absolute atomic E-state index is 11.9. The lowest BCUT2D eigenvalue weighted by Crippen LogP contribution is -2.30. The third-order valence-corrected chi connectivity index (χ3v) is 4.79. The van der Waals surface area contributed by atoms with Crippen LogP contribution in [-0.4, -0.2) is 14.5 Å². The Hall–Kier alpha value is -0.100. The fraction of sp³-hybridized carbons (Fsp3) is 0.400. The Labute approximate surface area is 109 Å². The molecule has 0 aliphatic carbocycles. The van der Waals surface area contributed by atoms with Crippen LogP contribution in [0.1, 0.15) is 19.4 Å². The van der Waals surface area contributed by atoms with Crippen LogP contribution in [0.5, 0.6) is 0 Å². The summed E-state index contributed by atoms with van der Waals surface area (Å²) in [4.78, 5) is 0.222. The smallest absolute Gasteiger partial charge is 0.209 e. The first-order valence-electron chi connectivity index (χ1n) is 4.73. The van der Waals surface area contributed by atoms with Crippen molar-refractivity contribution in [3.63, 3.8) is 0 Å². The van der Waals surface area contributed by atoms with Crippen LogP contribution in [0.2, 0.25) is 0 Å². The van der Waals surface area contributed by atoms with E-state index < -0.39 is 10.0 Å². The third-order valence-electron chi connectivity index (χ3n) is 1.83. The molecule has 0 saturated heterocycles. The lowest BCUT2D eigenvalue weighted by Gasteiger charge is -2.11. The van der Waals surface area contributed by atoms with Gasteiger partial charge in [-0.3, -0.25) is 0 Å². The van der Waals surface area contributed by atoms with Gasteiger partial charge in [0.15, 0.2) is 0 Å². The molecule has 0 spiro atoms. The molecule has 0 aromatic heterocycles. The summed E-state index contributed by atoms with van der Waals surface area (Å²) in [6.45, 7) is 3.55. The van der Waals surface area contributed by atoms with Crippen molar-refractivity contribution in [1.82, 2.24) is 4.72 Å². The maximum atomic E-state index is 11.9. The minimum Gasteiger partial charge on any atom is -0.209 e. The van der Waals surface area contributed by atoms with Gasteiger partial charge in [-0.25, -0.2) is 13.1 Å². The highest BCUT2D eigenvalue weighted by Gasteiger charge is 2.18. The van der Waals surface area contributed by atoms with Gasteiger partial charge in [0, 0.05) is 16.4 Å². The highest BCUT2D eigenvalue weighted by Crippen LogP contribution is 2.24. The third kappa shape index (κ3) is 3.45. The summed E-state index contributed by atoms with van der Waals surface area (Å²) in [5, 5.41) is 0. The van der Waals surface area contributed by atoms with Gasteiger partial charge in [0.05, 0.1) is 4.90 Å². The minimum atomic E-state index is -3.48. The molecule has 0 unspecified atom stereocenters. The van der Waals surface area contributed by atoms with Crippen molar-refractivity contribution in [2.75, 3.05) is 0 Å². The lowest BCUT2D eigenvalue weighted by molar-refractivity contribution is 0.569. The van der Waals surface area contributed by atoms with Crippen molar-refractivity contribution in [2.45, 2.75) is 30.7 Å². The van der Waals surface area contributed by atoms with Gasteiger partial charge in [-0.05, 0) is 47.5 Å². The second-order valence-corrected chi connectivity index (χ2v) is 6.48. The maximum Gasteiger partial charge on any atom is 0.241 e. The molecule has 0 aliphatic heterocycles. The zero-order valence-electron chi connectivity index (χ0n) is 9.00. The topological polar surface area (TPSA) is 46.2 Å². The van der Waals surface area contributed by atoms with Crippen LogP contribution in [-0.2, 0) is 15.9 Å². The summed E-state index contributed by atoms with van der Waals surface area (Å²) in [6.07, 6.45) is 0. The molecular formula is C10H13BrClNO2S. The average Bonchev–Trinajstić information content (AvgIpc) is 2.16. The Kier molecular flexibility index (Phi) is 4.79. The van der Waals surface area contributed by atoms with Crippen LogP contribution in [0.4, 0.5) is 0 Å². The summed E-state index contributed by atoms with van der Waals surface area (Å²) < 4.78 is 27.0. The van der Waals surface area contributed by atoms with Crippen LogP contribution in [0.25, 0.3) is 0 Å². The van der Waals surface area contributed by atoms with Crippen LogP contribution in [0.3, 0.4) is 0 Å². The zero-order chi connectivity index (χ0) is 12.3. The van der Waals surface area contributed by atoms with E-state index in [0.717, 1.165) is 5.56 Å². The Morgan fingerprint density at radius 1 is 1.44 bits per heavy atom. The molecule has 1 aromatic carbocycles. The molecule has 0 amide bonds.